The summed E-state index contributed by atoms with van der Waals surface area (Å²) >= 11 is 0. The van der Waals surface area contributed by atoms with Gasteiger partial charge in [0.25, 0.3) is 0 Å². The number of hydrogen-bond acceptors (Lipinski definition) is 6. The number of benzene rings is 1. The Balaban J connectivity index is 1.55. The van der Waals surface area contributed by atoms with Gasteiger partial charge in [0.05, 0.1) is 12.8 Å². The second kappa shape index (κ2) is 7.02. The fourth-order valence-electron chi connectivity index (χ4n) is 4.65. The molecule has 31 heavy (non-hydrogen) atoms. The molecular weight excluding hydrogens is 395 g/mol. The van der Waals surface area contributed by atoms with E-state index in [4.69, 9.17) is 14.8 Å². The summed E-state index contributed by atoms with van der Waals surface area (Å²) in [7, 11) is 1.59. The fraction of sp³-hybridized carbons (Fsp3) is 0.261. The number of nitrogens with zero attached hydrogens (tertiary/aromatic N) is 5. The Morgan fingerprint density at radius 2 is 1.97 bits per heavy atom. The summed E-state index contributed by atoms with van der Waals surface area (Å²) < 4.78 is 20.8. The highest BCUT2D eigenvalue weighted by molar-refractivity contribution is 5.82. The van der Waals surface area contributed by atoms with Gasteiger partial charge in [0, 0.05) is 48.6 Å². The van der Waals surface area contributed by atoms with Gasteiger partial charge in [0.15, 0.2) is 5.65 Å². The molecule has 0 aliphatic carbocycles. The van der Waals surface area contributed by atoms with Crippen molar-refractivity contribution in [1.82, 2.24) is 24.9 Å². The second-order valence-corrected chi connectivity index (χ2v) is 8.01. The van der Waals surface area contributed by atoms with Crippen LogP contribution < -0.4 is 15.0 Å². The van der Waals surface area contributed by atoms with Gasteiger partial charge in [-0.3, -0.25) is 0 Å². The Labute approximate surface area is 178 Å². The molecule has 2 saturated heterocycles. The van der Waals surface area contributed by atoms with Crippen LogP contribution in [0.4, 0.5) is 10.2 Å². The van der Waals surface area contributed by atoms with E-state index in [1.165, 1.54) is 12.1 Å². The summed E-state index contributed by atoms with van der Waals surface area (Å²) in [5.74, 6) is 1.17. The number of anilines is 1. The predicted molar refractivity (Wildman–Crippen MR) is 116 cm³/mol. The van der Waals surface area contributed by atoms with Crippen molar-refractivity contribution in [3.8, 4) is 28.4 Å². The number of rotatable bonds is 4. The number of methoxy groups -OCH3 is 1. The third-order valence-electron chi connectivity index (χ3n) is 6.15. The minimum atomic E-state index is -0.280. The Bertz CT molecular complexity index is 1270. The molecular formula is C23H21FN6O. The van der Waals surface area contributed by atoms with Crippen molar-refractivity contribution in [2.45, 2.75) is 18.5 Å². The quantitative estimate of drug-likeness (QED) is 0.551. The second-order valence-electron chi connectivity index (χ2n) is 8.01. The molecule has 3 aromatic heterocycles. The number of piperazine rings is 1. The Morgan fingerprint density at radius 3 is 2.71 bits per heavy atom. The summed E-state index contributed by atoms with van der Waals surface area (Å²) in [4.78, 5) is 11.4. The van der Waals surface area contributed by atoms with Crippen molar-refractivity contribution in [1.29, 1.82) is 0 Å². The van der Waals surface area contributed by atoms with E-state index >= 15 is 0 Å². The molecule has 0 unspecified atom stereocenters. The minimum absolute atomic E-state index is 0.280. The van der Waals surface area contributed by atoms with E-state index in [0.29, 0.717) is 18.0 Å². The Hall–Kier alpha value is -3.52. The van der Waals surface area contributed by atoms with Gasteiger partial charge in [0.1, 0.15) is 17.3 Å². The molecule has 0 spiro atoms. The molecule has 5 heterocycles. The van der Waals surface area contributed by atoms with E-state index in [-0.39, 0.29) is 5.82 Å². The largest absolute Gasteiger partial charge is 0.481 e. The van der Waals surface area contributed by atoms with Gasteiger partial charge in [-0.25, -0.2) is 18.9 Å². The molecule has 6 rings (SSSR count). The van der Waals surface area contributed by atoms with Crippen LogP contribution in [0.15, 0.2) is 54.7 Å². The van der Waals surface area contributed by atoms with Crippen LogP contribution >= 0.6 is 0 Å². The topological polar surface area (TPSA) is 67.6 Å². The predicted octanol–water partition coefficient (Wildman–Crippen LogP) is 3.16. The van der Waals surface area contributed by atoms with Gasteiger partial charge in [-0.2, -0.15) is 0 Å². The Kier molecular flexibility index (Phi) is 4.14. The summed E-state index contributed by atoms with van der Waals surface area (Å²) in [6.45, 7) is 1.95. The van der Waals surface area contributed by atoms with Crippen LogP contribution in [-0.4, -0.2) is 51.9 Å². The van der Waals surface area contributed by atoms with Gasteiger partial charge < -0.3 is 15.0 Å². The number of pyridine rings is 1. The molecule has 8 heteroatoms. The van der Waals surface area contributed by atoms with Crippen LogP contribution in [0.25, 0.3) is 28.2 Å². The number of imidazole rings is 1. The van der Waals surface area contributed by atoms with Crippen molar-refractivity contribution in [3.63, 3.8) is 0 Å². The molecule has 2 atom stereocenters. The maximum atomic E-state index is 13.6. The molecule has 2 aliphatic rings. The van der Waals surface area contributed by atoms with E-state index in [2.05, 4.69) is 15.2 Å². The van der Waals surface area contributed by atoms with Crippen LogP contribution in [-0.2, 0) is 0 Å². The zero-order chi connectivity index (χ0) is 20.9. The molecule has 0 radical (unpaired) electrons. The number of halogens is 1. The summed E-state index contributed by atoms with van der Waals surface area (Å²) in [6, 6.07) is 15.2. The molecule has 2 aliphatic heterocycles. The lowest BCUT2D eigenvalue weighted by Crippen LogP contribution is -2.44. The highest BCUT2D eigenvalue weighted by Gasteiger charge is 2.38. The molecule has 4 aromatic rings. The van der Waals surface area contributed by atoms with Gasteiger partial charge in [-0.15, -0.1) is 5.10 Å². The van der Waals surface area contributed by atoms with Crippen molar-refractivity contribution >= 4 is 11.5 Å². The SMILES string of the molecule is COc1cc(-c2c(-c3ccc(F)cc3)nc3ccc(N4C[C@@H]5C[C@@H]4CN5)nn23)ccn1. The first kappa shape index (κ1) is 18.3. The molecule has 1 aromatic carbocycles. The van der Waals surface area contributed by atoms with E-state index < -0.39 is 0 Å². The first-order chi connectivity index (χ1) is 15.2. The lowest BCUT2D eigenvalue weighted by molar-refractivity contribution is 0.398. The number of ether oxygens (including phenoxy) is 1. The van der Waals surface area contributed by atoms with Crippen LogP contribution in [0.5, 0.6) is 5.88 Å². The van der Waals surface area contributed by atoms with Crippen molar-refractivity contribution in [2.24, 2.45) is 0 Å². The fourth-order valence-corrected chi connectivity index (χ4v) is 4.65. The Morgan fingerprint density at radius 1 is 1.10 bits per heavy atom. The summed E-state index contributed by atoms with van der Waals surface area (Å²) in [5.41, 5.74) is 4.00. The van der Waals surface area contributed by atoms with Crippen LogP contribution in [0, 0.1) is 5.82 Å². The number of aromatic nitrogens is 4. The number of hydrogen-bond donors (Lipinski definition) is 1. The zero-order valence-corrected chi connectivity index (χ0v) is 17.0. The highest BCUT2D eigenvalue weighted by atomic mass is 19.1. The molecule has 0 saturated carbocycles. The smallest absolute Gasteiger partial charge is 0.213 e. The first-order valence-electron chi connectivity index (χ1n) is 10.4. The standard InChI is InChI=1S/C23H21FN6O/c1-31-21-10-15(8-9-25-21)23-22(14-2-4-16(24)5-3-14)27-19-6-7-20(28-30(19)23)29-13-17-11-18(29)12-26-17/h2-10,17-18,26H,11-13H2,1H3/t17-,18+/m0/s1. The van der Waals surface area contributed by atoms with Gasteiger partial charge in [0.2, 0.25) is 5.88 Å². The third-order valence-corrected chi connectivity index (χ3v) is 6.15. The lowest BCUT2D eigenvalue weighted by atomic mass is 10.1. The van der Waals surface area contributed by atoms with Gasteiger partial charge >= 0.3 is 0 Å². The van der Waals surface area contributed by atoms with Gasteiger partial charge in [-0.05, 0) is 48.9 Å². The lowest BCUT2D eigenvalue weighted by Gasteiger charge is -2.28. The molecule has 156 valence electrons. The monoisotopic (exact) mass is 416 g/mol. The molecule has 2 bridgehead atoms. The number of fused-ring (bicyclic) bond motifs is 3. The van der Waals surface area contributed by atoms with Crippen LogP contribution in [0.3, 0.4) is 0 Å². The molecule has 0 amide bonds. The zero-order valence-electron chi connectivity index (χ0n) is 17.0. The van der Waals surface area contributed by atoms with E-state index in [0.717, 1.165) is 53.5 Å². The number of nitrogens with one attached hydrogen (secondary N) is 1. The first-order valence-corrected chi connectivity index (χ1v) is 10.4. The maximum Gasteiger partial charge on any atom is 0.213 e. The molecule has 7 nitrogen and oxygen atoms in total. The van der Waals surface area contributed by atoms with Crippen LogP contribution in [0.2, 0.25) is 0 Å². The van der Waals surface area contributed by atoms with E-state index in [1.54, 1.807) is 25.4 Å². The maximum absolute atomic E-state index is 13.6. The van der Waals surface area contributed by atoms with Gasteiger partial charge in [-0.1, -0.05) is 0 Å². The van der Waals surface area contributed by atoms with Crippen molar-refractivity contribution in [3.05, 3.63) is 60.5 Å². The normalized spacial score (nSPS) is 20.0. The van der Waals surface area contributed by atoms with E-state index in [9.17, 15) is 4.39 Å². The summed E-state index contributed by atoms with van der Waals surface area (Å²) in [5, 5.41) is 8.52. The van der Waals surface area contributed by atoms with E-state index in [1.807, 2.05) is 28.8 Å². The van der Waals surface area contributed by atoms with Crippen molar-refractivity contribution < 1.29 is 9.13 Å². The average molecular weight is 416 g/mol. The minimum Gasteiger partial charge on any atom is -0.481 e. The van der Waals surface area contributed by atoms with Crippen molar-refractivity contribution in [2.75, 3.05) is 25.1 Å². The highest BCUT2D eigenvalue weighted by Crippen LogP contribution is 2.35. The summed E-state index contributed by atoms with van der Waals surface area (Å²) in [6.07, 6.45) is 2.86. The molecule has 2 fully saturated rings. The molecule has 1 N–H and O–H groups in total. The third kappa shape index (κ3) is 3.02. The average Bonchev–Trinajstić information content (AvgIpc) is 3.53. The van der Waals surface area contributed by atoms with Crippen LogP contribution in [0.1, 0.15) is 6.42 Å².